The minimum absolute atomic E-state index is 0.787. The molecule has 2 heteroatoms. The van der Waals surface area contributed by atoms with Gasteiger partial charge in [-0.15, -0.1) is 0 Å². The summed E-state index contributed by atoms with van der Waals surface area (Å²) < 4.78 is 0. The molecule has 126 valence electrons. The Bertz CT molecular complexity index is 492. The zero-order valence-corrected chi connectivity index (χ0v) is 14.7. The second kappa shape index (κ2) is 6.94. The van der Waals surface area contributed by atoms with Gasteiger partial charge in [0.25, 0.3) is 0 Å². The predicted octanol–water partition coefficient (Wildman–Crippen LogP) is 4.16. The Balaban J connectivity index is 1.31. The Morgan fingerprint density at radius 2 is 1.78 bits per heavy atom. The van der Waals surface area contributed by atoms with Crippen molar-refractivity contribution in [2.24, 2.45) is 11.8 Å². The van der Waals surface area contributed by atoms with E-state index in [9.17, 15) is 0 Å². The standard InChI is InChI=1S/C21H32N2/c1-2-22(16-17-6-4-3-5-7-17)20-10-12-23(13-11-20)21-15-18-8-9-19(21)14-18/h3-7,18-21H,2,8-16H2,1H3. The second-order valence-corrected chi connectivity index (χ2v) is 8.06. The van der Waals surface area contributed by atoms with Crippen LogP contribution < -0.4 is 0 Å². The Kier molecular flexibility index (Phi) is 4.73. The summed E-state index contributed by atoms with van der Waals surface area (Å²) in [5, 5.41) is 0. The fraction of sp³-hybridized carbons (Fsp3) is 0.714. The minimum atomic E-state index is 0.787. The van der Waals surface area contributed by atoms with Gasteiger partial charge in [-0.2, -0.15) is 0 Å². The molecule has 3 fully saturated rings. The Morgan fingerprint density at radius 1 is 1.00 bits per heavy atom. The van der Waals surface area contributed by atoms with Crippen molar-refractivity contribution in [3.8, 4) is 0 Å². The summed E-state index contributed by atoms with van der Waals surface area (Å²) in [5.41, 5.74) is 1.46. The van der Waals surface area contributed by atoms with Crippen molar-refractivity contribution in [3.05, 3.63) is 35.9 Å². The lowest BCUT2D eigenvalue weighted by atomic mass is 9.91. The van der Waals surface area contributed by atoms with Gasteiger partial charge >= 0.3 is 0 Å². The maximum atomic E-state index is 2.86. The number of likely N-dealkylation sites (tertiary alicyclic amines) is 1. The molecule has 0 amide bonds. The molecule has 4 rings (SSSR count). The summed E-state index contributed by atoms with van der Waals surface area (Å²) in [6.07, 6.45) is 8.84. The lowest BCUT2D eigenvalue weighted by Gasteiger charge is -2.42. The SMILES string of the molecule is CCN(Cc1ccccc1)C1CCN(C2CC3CCC2C3)CC1. The number of piperidine rings is 1. The number of benzene rings is 1. The molecule has 23 heavy (non-hydrogen) atoms. The second-order valence-electron chi connectivity index (χ2n) is 8.06. The van der Waals surface area contributed by atoms with E-state index >= 15 is 0 Å². The highest BCUT2D eigenvalue weighted by Crippen LogP contribution is 2.47. The fourth-order valence-corrected chi connectivity index (χ4v) is 5.56. The lowest BCUT2D eigenvalue weighted by molar-refractivity contribution is 0.0631. The largest absolute Gasteiger partial charge is 0.300 e. The summed E-state index contributed by atoms with van der Waals surface area (Å²) in [4.78, 5) is 5.56. The highest BCUT2D eigenvalue weighted by Gasteiger charge is 2.43. The maximum absolute atomic E-state index is 2.86. The lowest BCUT2D eigenvalue weighted by Crippen LogP contribution is -2.49. The summed E-state index contributed by atoms with van der Waals surface area (Å²) in [5.74, 6) is 2.12. The first-order valence-corrected chi connectivity index (χ1v) is 9.85. The van der Waals surface area contributed by atoms with Crippen LogP contribution in [0.15, 0.2) is 30.3 Å². The van der Waals surface area contributed by atoms with E-state index in [4.69, 9.17) is 0 Å². The van der Waals surface area contributed by atoms with Crippen LogP contribution in [0.25, 0.3) is 0 Å². The fourth-order valence-electron chi connectivity index (χ4n) is 5.56. The zero-order chi connectivity index (χ0) is 15.6. The van der Waals surface area contributed by atoms with Crippen molar-refractivity contribution in [2.45, 2.75) is 64.1 Å². The molecule has 3 atom stereocenters. The van der Waals surface area contributed by atoms with E-state index in [0.717, 1.165) is 30.5 Å². The van der Waals surface area contributed by atoms with Crippen molar-refractivity contribution >= 4 is 0 Å². The van der Waals surface area contributed by atoms with Crippen LogP contribution in [0.3, 0.4) is 0 Å². The van der Waals surface area contributed by atoms with Gasteiger partial charge in [-0.05, 0) is 69.1 Å². The molecule has 1 heterocycles. The van der Waals surface area contributed by atoms with Crippen molar-refractivity contribution in [1.82, 2.24) is 9.80 Å². The van der Waals surface area contributed by atoms with E-state index in [1.165, 1.54) is 57.3 Å². The molecular weight excluding hydrogens is 280 g/mol. The monoisotopic (exact) mass is 312 g/mol. The Hall–Kier alpha value is -0.860. The number of nitrogens with zero attached hydrogens (tertiary/aromatic N) is 2. The van der Waals surface area contributed by atoms with E-state index in [2.05, 4.69) is 47.1 Å². The molecule has 1 aliphatic heterocycles. The van der Waals surface area contributed by atoms with Gasteiger partial charge in [0.2, 0.25) is 0 Å². The minimum Gasteiger partial charge on any atom is -0.300 e. The van der Waals surface area contributed by atoms with Gasteiger partial charge in [-0.1, -0.05) is 43.7 Å². The molecule has 2 saturated carbocycles. The first-order valence-electron chi connectivity index (χ1n) is 9.85. The van der Waals surface area contributed by atoms with Gasteiger partial charge in [0, 0.05) is 18.6 Å². The van der Waals surface area contributed by atoms with Gasteiger partial charge in [-0.3, -0.25) is 9.80 Å². The van der Waals surface area contributed by atoms with Gasteiger partial charge in [0.1, 0.15) is 0 Å². The van der Waals surface area contributed by atoms with Gasteiger partial charge < -0.3 is 0 Å². The maximum Gasteiger partial charge on any atom is 0.0236 e. The molecule has 1 saturated heterocycles. The molecular formula is C21H32N2. The van der Waals surface area contributed by atoms with Crippen LogP contribution in [-0.2, 0) is 6.54 Å². The summed E-state index contributed by atoms with van der Waals surface area (Å²) in [6.45, 7) is 7.29. The molecule has 1 aromatic carbocycles. The van der Waals surface area contributed by atoms with Crippen LogP contribution in [-0.4, -0.2) is 41.5 Å². The quantitative estimate of drug-likeness (QED) is 0.805. The van der Waals surface area contributed by atoms with Crippen molar-refractivity contribution in [1.29, 1.82) is 0 Å². The molecule has 0 aromatic heterocycles. The van der Waals surface area contributed by atoms with Crippen molar-refractivity contribution < 1.29 is 0 Å². The highest BCUT2D eigenvalue weighted by atomic mass is 15.2. The van der Waals surface area contributed by atoms with Gasteiger partial charge in [0.15, 0.2) is 0 Å². The normalized spacial score (nSPS) is 32.0. The Morgan fingerprint density at radius 3 is 2.39 bits per heavy atom. The van der Waals surface area contributed by atoms with Gasteiger partial charge in [0.05, 0.1) is 0 Å². The third-order valence-corrected chi connectivity index (χ3v) is 6.82. The number of fused-ring (bicyclic) bond motifs is 2. The molecule has 2 aliphatic carbocycles. The van der Waals surface area contributed by atoms with Crippen LogP contribution >= 0.6 is 0 Å². The number of hydrogen-bond donors (Lipinski definition) is 0. The van der Waals surface area contributed by atoms with Crippen LogP contribution in [0.4, 0.5) is 0 Å². The molecule has 2 nitrogen and oxygen atoms in total. The smallest absolute Gasteiger partial charge is 0.0236 e. The van der Waals surface area contributed by atoms with Crippen molar-refractivity contribution in [2.75, 3.05) is 19.6 Å². The third-order valence-electron chi connectivity index (χ3n) is 6.82. The van der Waals surface area contributed by atoms with E-state index in [1.807, 2.05) is 0 Å². The van der Waals surface area contributed by atoms with Crippen LogP contribution in [0, 0.1) is 11.8 Å². The third kappa shape index (κ3) is 3.34. The molecule has 1 aromatic rings. The average molecular weight is 313 g/mol. The Labute approximate surface area is 141 Å². The summed E-state index contributed by atoms with van der Waals surface area (Å²) in [6, 6.07) is 12.7. The summed E-state index contributed by atoms with van der Waals surface area (Å²) in [7, 11) is 0. The summed E-state index contributed by atoms with van der Waals surface area (Å²) >= 11 is 0. The highest BCUT2D eigenvalue weighted by molar-refractivity contribution is 5.14. The van der Waals surface area contributed by atoms with Gasteiger partial charge in [-0.25, -0.2) is 0 Å². The zero-order valence-electron chi connectivity index (χ0n) is 14.7. The predicted molar refractivity (Wildman–Crippen MR) is 96.4 cm³/mol. The topological polar surface area (TPSA) is 6.48 Å². The van der Waals surface area contributed by atoms with E-state index in [0.29, 0.717) is 0 Å². The van der Waals surface area contributed by atoms with Crippen LogP contribution in [0.1, 0.15) is 51.0 Å². The molecule has 2 bridgehead atoms. The van der Waals surface area contributed by atoms with Crippen LogP contribution in [0.2, 0.25) is 0 Å². The molecule has 0 N–H and O–H groups in total. The average Bonchev–Trinajstić information content (AvgIpc) is 3.24. The van der Waals surface area contributed by atoms with Crippen LogP contribution in [0.5, 0.6) is 0 Å². The first kappa shape index (κ1) is 15.7. The first-order chi connectivity index (χ1) is 11.3. The van der Waals surface area contributed by atoms with E-state index in [1.54, 1.807) is 6.42 Å². The molecule has 0 radical (unpaired) electrons. The van der Waals surface area contributed by atoms with E-state index < -0.39 is 0 Å². The van der Waals surface area contributed by atoms with Crippen molar-refractivity contribution in [3.63, 3.8) is 0 Å². The molecule has 3 unspecified atom stereocenters. The number of hydrogen-bond acceptors (Lipinski definition) is 2. The van der Waals surface area contributed by atoms with E-state index in [-0.39, 0.29) is 0 Å². The molecule has 3 aliphatic rings. The molecule has 0 spiro atoms. The number of rotatable bonds is 5.